The molecule has 0 radical (unpaired) electrons. The second-order valence-electron chi connectivity index (χ2n) is 7.79. The summed E-state index contributed by atoms with van der Waals surface area (Å²) in [5, 5.41) is 3.04. The van der Waals surface area contributed by atoms with Crippen molar-refractivity contribution in [2.75, 3.05) is 20.2 Å². The Morgan fingerprint density at radius 2 is 1.96 bits per heavy atom. The molecule has 1 fully saturated rings. The van der Waals surface area contributed by atoms with Crippen LogP contribution in [0.1, 0.15) is 41.3 Å². The van der Waals surface area contributed by atoms with Gasteiger partial charge < -0.3 is 15.0 Å². The molecule has 1 aliphatic rings. The van der Waals surface area contributed by atoms with Gasteiger partial charge in [-0.15, -0.1) is 0 Å². The Kier molecular flexibility index (Phi) is 6.02. The van der Waals surface area contributed by atoms with Crippen LogP contribution in [0.4, 0.5) is 0 Å². The molecule has 0 spiro atoms. The minimum atomic E-state index is -0.587. The number of rotatable bonds is 5. The van der Waals surface area contributed by atoms with E-state index in [1.807, 2.05) is 67.3 Å². The van der Waals surface area contributed by atoms with Crippen molar-refractivity contribution < 1.29 is 14.3 Å². The van der Waals surface area contributed by atoms with Gasteiger partial charge in [0.2, 0.25) is 5.91 Å². The molecule has 5 heteroatoms. The highest BCUT2D eigenvalue weighted by atomic mass is 16.5. The highest BCUT2D eigenvalue weighted by Crippen LogP contribution is 2.31. The molecule has 0 unspecified atom stereocenters. The average molecular weight is 380 g/mol. The first-order valence-electron chi connectivity index (χ1n) is 9.68. The molecule has 1 heterocycles. The van der Waals surface area contributed by atoms with Crippen LogP contribution in [-0.2, 0) is 11.3 Å². The van der Waals surface area contributed by atoms with Crippen molar-refractivity contribution in [3.63, 3.8) is 0 Å². The summed E-state index contributed by atoms with van der Waals surface area (Å²) in [6.45, 7) is 5.49. The lowest BCUT2D eigenvalue weighted by atomic mass is 9.80. The van der Waals surface area contributed by atoms with E-state index in [9.17, 15) is 9.59 Å². The number of hydrogen-bond acceptors (Lipinski definition) is 3. The van der Waals surface area contributed by atoms with E-state index in [4.69, 9.17) is 4.74 Å². The lowest BCUT2D eigenvalue weighted by molar-refractivity contribution is -0.132. The number of nitrogens with one attached hydrogen (secondary N) is 1. The first kappa shape index (κ1) is 19.9. The van der Waals surface area contributed by atoms with Crippen LogP contribution in [0, 0.1) is 12.3 Å². The molecule has 2 amide bonds. The van der Waals surface area contributed by atoms with E-state index in [0.717, 1.165) is 29.7 Å². The van der Waals surface area contributed by atoms with Crippen molar-refractivity contribution in [1.29, 1.82) is 0 Å². The zero-order chi connectivity index (χ0) is 20.1. The minimum Gasteiger partial charge on any atom is -0.497 e. The SMILES string of the molecule is COc1cccc(CNC(=O)[C@@]2(C)CCCN(C(=O)c3cccc(C)c3)C2)c1. The van der Waals surface area contributed by atoms with Crippen LogP contribution >= 0.6 is 0 Å². The highest BCUT2D eigenvalue weighted by molar-refractivity contribution is 5.95. The summed E-state index contributed by atoms with van der Waals surface area (Å²) in [4.78, 5) is 27.6. The van der Waals surface area contributed by atoms with E-state index in [2.05, 4.69) is 5.32 Å². The lowest BCUT2D eigenvalue weighted by Crippen LogP contribution is -2.51. The Hall–Kier alpha value is -2.82. The third-order valence-electron chi connectivity index (χ3n) is 5.38. The van der Waals surface area contributed by atoms with Gasteiger partial charge in [0.15, 0.2) is 0 Å². The minimum absolute atomic E-state index is 0.00443. The summed E-state index contributed by atoms with van der Waals surface area (Å²) in [5.74, 6) is 0.748. The Morgan fingerprint density at radius 1 is 1.18 bits per heavy atom. The monoisotopic (exact) mass is 380 g/mol. The van der Waals surface area contributed by atoms with Gasteiger partial charge in [0.1, 0.15) is 5.75 Å². The Morgan fingerprint density at radius 3 is 2.71 bits per heavy atom. The number of carbonyl (C=O) groups is 2. The van der Waals surface area contributed by atoms with Crippen molar-refractivity contribution in [3.05, 3.63) is 65.2 Å². The second-order valence-corrected chi connectivity index (χ2v) is 7.79. The molecule has 1 saturated heterocycles. The molecule has 0 bridgehead atoms. The predicted octanol–water partition coefficient (Wildman–Crippen LogP) is 3.56. The van der Waals surface area contributed by atoms with Gasteiger partial charge in [-0.25, -0.2) is 0 Å². The first-order valence-corrected chi connectivity index (χ1v) is 9.68. The number of benzene rings is 2. The topological polar surface area (TPSA) is 58.6 Å². The van der Waals surface area contributed by atoms with E-state index >= 15 is 0 Å². The quantitative estimate of drug-likeness (QED) is 0.863. The second kappa shape index (κ2) is 8.46. The van der Waals surface area contributed by atoms with Crippen molar-refractivity contribution in [3.8, 4) is 5.75 Å². The van der Waals surface area contributed by atoms with Crippen LogP contribution in [0.15, 0.2) is 48.5 Å². The Balaban J connectivity index is 1.65. The number of carbonyl (C=O) groups excluding carboxylic acids is 2. The summed E-state index contributed by atoms with van der Waals surface area (Å²) in [6, 6.07) is 15.3. The maximum atomic E-state index is 12.9. The van der Waals surface area contributed by atoms with Crippen LogP contribution in [0.2, 0.25) is 0 Å². The molecule has 0 aromatic heterocycles. The summed E-state index contributed by atoms with van der Waals surface area (Å²) in [5.41, 5.74) is 2.14. The third-order valence-corrected chi connectivity index (χ3v) is 5.38. The van der Waals surface area contributed by atoms with Crippen LogP contribution in [-0.4, -0.2) is 36.9 Å². The summed E-state index contributed by atoms with van der Waals surface area (Å²) < 4.78 is 5.23. The number of amides is 2. The number of likely N-dealkylation sites (tertiary alicyclic amines) is 1. The first-order chi connectivity index (χ1) is 13.4. The van der Waals surface area contributed by atoms with Crippen LogP contribution < -0.4 is 10.1 Å². The van der Waals surface area contributed by atoms with Gasteiger partial charge in [-0.1, -0.05) is 29.8 Å². The number of nitrogens with zero attached hydrogens (tertiary/aromatic N) is 1. The fraction of sp³-hybridized carbons (Fsp3) is 0.391. The molecule has 2 aromatic rings. The smallest absolute Gasteiger partial charge is 0.253 e. The third kappa shape index (κ3) is 4.53. The molecule has 1 atom stereocenters. The van der Waals surface area contributed by atoms with Crippen molar-refractivity contribution >= 4 is 11.8 Å². The number of hydrogen-bond donors (Lipinski definition) is 1. The van der Waals surface area contributed by atoms with E-state index in [1.54, 1.807) is 7.11 Å². The van der Waals surface area contributed by atoms with Gasteiger partial charge in [0.25, 0.3) is 5.91 Å². The molecule has 0 saturated carbocycles. The fourth-order valence-corrected chi connectivity index (χ4v) is 3.74. The zero-order valence-electron chi connectivity index (χ0n) is 16.8. The molecule has 1 aliphatic heterocycles. The summed E-state index contributed by atoms with van der Waals surface area (Å²) in [6.07, 6.45) is 1.59. The van der Waals surface area contributed by atoms with Gasteiger partial charge in [-0.2, -0.15) is 0 Å². The van der Waals surface area contributed by atoms with Crippen molar-refractivity contribution in [1.82, 2.24) is 10.2 Å². The average Bonchev–Trinajstić information content (AvgIpc) is 2.71. The van der Waals surface area contributed by atoms with Gasteiger partial charge in [0, 0.05) is 25.2 Å². The Bertz CT molecular complexity index is 864. The molecule has 28 heavy (non-hydrogen) atoms. The van der Waals surface area contributed by atoms with E-state index in [0.29, 0.717) is 25.2 Å². The number of piperidine rings is 1. The van der Waals surface area contributed by atoms with Crippen molar-refractivity contribution in [2.45, 2.75) is 33.2 Å². The molecular weight excluding hydrogens is 352 g/mol. The van der Waals surface area contributed by atoms with Gasteiger partial charge >= 0.3 is 0 Å². The van der Waals surface area contributed by atoms with Gasteiger partial charge in [0.05, 0.1) is 12.5 Å². The summed E-state index contributed by atoms with van der Waals surface area (Å²) in [7, 11) is 1.63. The lowest BCUT2D eigenvalue weighted by Gasteiger charge is -2.39. The number of ether oxygens (including phenoxy) is 1. The molecule has 5 nitrogen and oxygen atoms in total. The van der Waals surface area contributed by atoms with E-state index in [-0.39, 0.29) is 11.8 Å². The van der Waals surface area contributed by atoms with E-state index in [1.165, 1.54) is 0 Å². The van der Waals surface area contributed by atoms with Crippen LogP contribution in [0.5, 0.6) is 5.75 Å². The number of methoxy groups -OCH3 is 1. The zero-order valence-corrected chi connectivity index (χ0v) is 16.8. The normalized spacial score (nSPS) is 19.2. The van der Waals surface area contributed by atoms with E-state index < -0.39 is 5.41 Å². The Labute approximate surface area is 166 Å². The molecular formula is C23H28N2O3. The van der Waals surface area contributed by atoms with Crippen LogP contribution in [0.3, 0.4) is 0 Å². The largest absolute Gasteiger partial charge is 0.497 e. The molecule has 1 N–H and O–H groups in total. The maximum Gasteiger partial charge on any atom is 0.253 e. The molecule has 0 aliphatic carbocycles. The van der Waals surface area contributed by atoms with Crippen LogP contribution in [0.25, 0.3) is 0 Å². The standard InChI is InChI=1S/C23H28N2O3/c1-17-7-4-9-19(13-17)21(26)25-12-6-11-23(2,16-25)22(27)24-15-18-8-5-10-20(14-18)28-3/h4-5,7-10,13-14H,6,11-12,15-16H2,1-3H3,(H,24,27)/t23-/m0/s1. The van der Waals surface area contributed by atoms with Crippen molar-refractivity contribution in [2.24, 2.45) is 5.41 Å². The van der Waals surface area contributed by atoms with Gasteiger partial charge in [-0.05, 0) is 56.5 Å². The number of aryl methyl sites for hydroxylation is 1. The maximum absolute atomic E-state index is 12.9. The molecule has 2 aromatic carbocycles. The highest BCUT2D eigenvalue weighted by Gasteiger charge is 2.39. The fourth-order valence-electron chi connectivity index (χ4n) is 3.74. The molecule has 3 rings (SSSR count). The molecule has 148 valence electrons. The predicted molar refractivity (Wildman–Crippen MR) is 109 cm³/mol. The van der Waals surface area contributed by atoms with Gasteiger partial charge in [-0.3, -0.25) is 9.59 Å². The summed E-state index contributed by atoms with van der Waals surface area (Å²) >= 11 is 0.